The number of aryl methyl sites for hydroxylation is 1. The van der Waals surface area contributed by atoms with Crippen LogP contribution in [-0.2, 0) is 11.3 Å². The van der Waals surface area contributed by atoms with Crippen LogP contribution in [0.25, 0.3) is 10.4 Å². The molecule has 2 aromatic heterocycles. The zero-order valence-corrected chi connectivity index (χ0v) is 16.5. The summed E-state index contributed by atoms with van der Waals surface area (Å²) >= 11 is 1.68. The molecule has 0 aliphatic carbocycles. The van der Waals surface area contributed by atoms with Gasteiger partial charge in [-0.05, 0) is 36.1 Å². The molecule has 0 saturated carbocycles. The van der Waals surface area contributed by atoms with Crippen LogP contribution in [0.3, 0.4) is 0 Å². The first kappa shape index (κ1) is 18.5. The van der Waals surface area contributed by atoms with Crippen LogP contribution in [0.5, 0.6) is 11.5 Å². The summed E-state index contributed by atoms with van der Waals surface area (Å²) in [7, 11) is 1.65. The predicted molar refractivity (Wildman–Crippen MR) is 107 cm³/mol. The fourth-order valence-corrected chi connectivity index (χ4v) is 3.94. The molecule has 1 aliphatic heterocycles. The fraction of sp³-hybridized carbons (Fsp3) is 0.300. The molecule has 0 atom stereocenters. The molecule has 146 valence electrons. The van der Waals surface area contributed by atoms with Crippen molar-refractivity contribution >= 4 is 23.1 Å². The molecule has 0 fully saturated rings. The first-order chi connectivity index (χ1) is 13.6. The fourth-order valence-electron chi connectivity index (χ4n) is 3.22. The number of nitrogens with zero attached hydrogens (tertiary/aromatic N) is 2. The van der Waals surface area contributed by atoms with E-state index >= 15 is 0 Å². The van der Waals surface area contributed by atoms with E-state index in [0.717, 1.165) is 21.8 Å². The van der Waals surface area contributed by atoms with E-state index < -0.39 is 0 Å². The van der Waals surface area contributed by atoms with Crippen molar-refractivity contribution in [3.63, 3.8) is 0 Å². The highest BCUT2D eigenvalue weighted by Crippen LogP contribution is 2.39. The van der Waals surface area contributed by atoms with Gasteiger partial charge in [-0.3, -0.25) is 9.69 Å². The highest BCUT2D eigenvalue weighted by Gasteiger charge is 2.22. The number of aromatic nitrogens is 1. The minimum absolute atomic E-state index is 0.141. The summed E-state index contributed by atoms with van der Waals surface area (Å²) < 4.78 is 16.5. The third-order valence-corrected chi connectivity index (χ3v) is 5.39. The Hall–Kier alpha value is -2.84. The molecule has 0 radical (unpaired) electrons. The normalized spacial score (nSPS) is 14.1. The van der Waals surface area contributed by atoms with Crippen molar-refractivity contribution in [1.82, 2.24) is 10.1 Å². The van der Waals surface area contributed by atoms with Crippen molar-refractivity contribution in [2.75, 3.05) is 32.1 Å². The lowest BCUT2D eigenvalue weighted by molar-refractivity contribution is -0.117. The summed E-state index contributed by atoms with van der Waals surface area (Å²) in [5.41, 5.74) is 2.09. The number of anilines is 1. The second-order valence-corrected chi connectivity index (χ2v) is 7.52. The molecular formula is C20H21N3O4S. The molecular weight excluding hydrogens is 378 g/mol. The highest BCUT2D eigenvalue weighted by molar-refractivity contribution is 7.13. The Bertz CT molecular complexity index is 968. The number of fused-ring (bicyclic) bond motifs is 1. The molecule has 4 rings (SSSR count). The molecule has 1 aliphatic rings. The van der Waals surface area contributed by atoms with Gasteiger partial charge in [-0.1, -0.05) is 11.2 Å². The van der Waals surface area contributed by atoms with Gasteiger partial charge in [0, 0.05) is 29.6 Å². The van der Waals surface area contributed by atoms with Gasteiger partial charge in [0.1, 0.15) is 12.4 Å². The van der Waals surface area contributed by atoms with Gasteiger partial charge in [0.15, 0.2) is 17.3 Å². The van der Waals surface area contributed by atoms with E-state index in [1.807, 2.05) is 22.4 Å². The van der Waals surface area contributed by atoms with Crippen molar-refractivity contribution in [1.29, 1.82) is 0 Å². The van der Waals surface area contributed by atoms with Crippen molar-refractivity contribution < 1.29 is 18.8 Å². The second-order valence-electron chi connectivity index (χ2n) is 6.57. The largest absolute Gasteiger partial charge is 0.493 e. The van der Waals surface area contributed by atoms with Crippen LogP contribution in [0.15, 0.2) is 40.2 Å². The lowest BCUT2D eigenvalue weighted by Crippen LogP contribution is -2.34. The molecule has 3 aromatic rings. The Labute approximate surface area is 166 Å². The standard InChI is InChI=1S/C20H21N3O4S/c1-13-8-18(22-27-13)21-19(24)12-23-5-6-26-20-15(11-23)9-14(10-16(20)25-2)17-4-3-7-28-17/h3-4,7-10H,5-6,11-12H2,1-2H3,(H,21,22,24). The average Bonchev–Trinajstić information content (AvgIpc) is 3.30. The third kappa shape index (κ3) is 4.02. The van der Waals surface area contributed by atoms with Crippen LogP contribution >= 0.6 is 11.3 Å². The van der Waals surface area contributed by atoms with Gasteiger partial charge in [0.05, 0.1) is 13.7 Å². The second kappa shape index (κ2) is 8.04. The molecule has 7 nitrogen and oxygen atoms in total. The Morgan fingerprint density at radius 2 is 2.29 bits per heavy atom. The van der Waals surface area contributed by atoms with Gasteiger partial charge < -0.3 is 19.3 Å². The molecule has 1 aromatic carbocycles. The van der Waals surface area contributed by atoms with Crippen LogP contribution in [0.4, 0.5) is 5.82 Å². The Morgan fingerprint density at radius 1 is 1.39 bits per heavy atom. The smallest absolute Gasteiger partial charge is 0.239 e. The van der Waals surface area contributed by atoms with E-state index in [2.05, 4.69) is 22.6 Å². The van der Waals surface area contributed by atoms with E-state index in [4.69, 9.17) is 14.0 Å². The summed E-state index contributed by atoms with van der Waals surface area (Å²) in [6.07, 6.45) is 0. The number of benzene rings is 1. The lowest BCUT2D eigenvalue weighted by Gasteiger charge is -2.18. The van der Waals surface area contributed by atoms with E-state index in [0.29, 0.717) is 37.0 Å². The van der Waals surface area contributed by atoms with Crippen LogP contribution < -0.4 is 14.8 Å². The molecule has 0 spiro atoms. The number of carbonyl (C=O) groups is 1. The number of ether oxygens (including phenoxy) is 2. The van der Waals surface area contributed by atoms with E-state index in [1.54, 1.807) is 31.4 Å². The first-order valence-electron chi connectivity index (χ1n) is 8.95. The van der Waals surface area contributed by atoms with Crippen molar-refractivity contribution in [2.24, 2.45) is 0 Å². The number of carbonyl (C=O) groups excluding carboxylic acids is 1. The van der Waals surface area contributed by atoms with Crippen molar-refractivity contribution in [2.45, 2.75) is 13.5 Å². The van der Waals surface area contributed by atoms with Gasteiger partial charge in [0.2, 0.25) is 5.91 Å². The van der Waals surface area contributed by atoms with Crippen LogP contribution in [0.1, 0.15) is 11.3 Å². The molecule has 0 bridgehead atoms. The number of rotatable bonds is 5. The maximum atomic E-state index is 12.4. The summed E-state index contributed by atoms with van der Waals surface area (Å²) in [6, 6.07) is 9.91. The van der Waals surface area contributed by atoms with E-state index in [-0.39, 0.29) is 12.5 Å². The van der Waals surface area contributed by atoms with Gasteiger partial charge in [-0.2, -0.15) is 0 Å². The summed E-state index contributed by atoms with van der Waals surface area (Å²) in [4.78, 5) is 15.6. The van der Waals surface area contributed by atoms with Gasteiger partial charge >= 0.3 is 0 Å². The zero-order valence-electron chi connectivity index (χ0n) is 15.7. The molecule has 0 unspecified atom stereocenters. The monoisotopic (exact) mass is 399 g/mol. The van der Waals surface area contributed by atoms with Crippen molar-refractivity contribution in [3.05, 3.63) is 47.0 Å². The number of methoxy groups -OCH3 is 1. The molecule has 8 heteroatoms. The molecule has 1 amide bonds. The topological polar surface area (TPSA) is 76.8 Å². The van der Waals surface area contributed by atoms with Gasteiger partial charge in [-0.25, -0.2) is 0 Å². The minimum atomic E-state index is -0.141. The van der Waals surface area contributed by atoms with E-state index in [9.17, 15) is 4.79 Å². The molecule has 3 heterocycles. The lowest BCUT2D eigenvalue weighted by atomic mass is 10.1. The quantitative estimate of drug-likeness (QED) is 0.707. The number of hydrogen-bond donors (Lipinski definition) is 1. The summed E-state index contributed by atoms with van der Waals surface area (Å²) in [5, 5.41) is 8.61. The summed E-state index contributed by atoms with van der Waals surface area (Å²) in [5.74, 6) is 2.40. The first-order valence-corrected chi connectivity index (χ1v) is 9.83. The summed E-state index contributed by atoms with van der Waals surface area (Å²) in [6.45, 7) is 3.73. The number of hydrogen-bond acceptors (Lipinski definition) is 7. The maximum absolute atomic E-state index is 12.4. The zero-order chi connectivity index (χ0) is 19.5. The maximum Gasteiger partial charge on any atom is 0.239 e. The predicted octanol–water partition coefficient (Wildman–Crippen LogP) is 3.55. The van der Waals surface area contributed by atoms with Gasteiger partial charge in [0.25, 0.3) is 0 Å². The van der Waals surface area contributed by atoms with Crippen molar-refractivity contribution in [3.8, 4) is 21.9 Å². The van der Waals surface area contributed by atoms with Gasteiger partial charge in [-0.15, -0.1) is 11.3 Å². The highest BCUT2D eigenvalue weighted by atomic mass is 32.1. The minimum Gasteiger partial charge on any atom is -0.493 e. The molecule has 0 saturated heterocycles. The Morgan fingerprint density at radius 3 is 3.00 bits per heavy atom. The number of nitrogens with one attached hydrogen (secondary N) is 1. The SMILES string of the molecule is COc1cc(-c2cccs2)cc2c1OCCN(CC(=O)Nc1cc(C)on1)C2. The molecule has 28 heavy (non-hydrogen) atoms. The molecule has 1 N–H and O–H groups in total. The Kier molecular flexibility index (Phi) is 5.31. The van der Waals surface area contributed by atoms with Crippen LogP contribution in [0, 0.1) is 6.92 Å². The van der Waals surface area contributed by atoms with Crippen LogP contribution in [0.2, 0.25) is 0 Å². The number of thiophene rings is 1. The van der Waals surface area contributed by atoms with Crippen LogP contribution in [-0.4, -0.2) is 42.8 Å². The Balaban J connectivity index is 1.53. The average molecular weight is 399 g/mol. The van der Waals surface area contributed by atoms with E-state index in [1.165, 1.54) is 0 Å². The number of amides is 1. The third-order valence-electron chi connectivity index (χ3n) is 4.47.